The lowest BCUT2D eigenvalue weighted by Gasteiger charge is -2.29. The third-order valence-electron chi connectivity index (χ3n) is 4.75. The second-order valence-electron chi connectivity index (χ2n) is 6.63. The molecule has 5 nitrogen and oxygen atoms in total. The van der Waals surface area contributed by atoms with Crippen LogP contribution in [0.25, 0.3) is 11.0 Å². The summed E-state index contributed by atoms with van der Waals surface area (Å²) in [4.78, 5) is 23.6. The van der Waals surface area contributed by atoms with Crippen LogP contribution in [0.4, 0.5) is 0 Å². The fraction of sp³-hybridized carbons (Fsp3) is 0.474. The van der Waals surface area contributed by atoms with E-state index in [4.69, 9.17) is 9.15 Å². The third kappa shape index (κ3) is 3.78. The van der Waals surface area contributed by atoms with Crippen molar-refractivity contribution < 1.29 is 13.9 Å². The first kappa shape index (κ1) is 16.6. The molecular weight excluding hydrogens is 306 g/mol. The molecule has 0 aliphatic heterocycles. The first-order valence-corrected chi connectivity index (χ1v) is 8.49. The Morgan fingerprint density at radius 3 is 2.88 bits per heavy atom. The first-order chi connectivity index (χ1) is 11.5. The van der Waals surface area contributed by atoms with Gasteiger partial charge in [0.25, 0.3) is 5.91 Å². The van der Waals surface area contributed by atoms with Gasteiger partial charge in [-0.3, -0.25) is 4.79 Å². The lowest BCUT2D eigenvalue weighted by molar-refractivity contribution is -0.124. The Balaban J connectivity index is 1.62. The predicted molar refractivity (Wildman–Crippen MR) is 92.3 cm³/mol. The summed E-state index contributed by atoms with van der Waals surface area (Å²) in [6, 6.07) is 6.98. The maximum absolute atomic E-state index is 12.1. The van der Waals surface area contributed by atoms with Crippen molar-refractivity contribution >= 4 is 16.9 Å². The molecule has 1 N–H and O–H groups in total. The van der Waals surface area contributed by atoms with Crippen molar-refractivity contribution in [3.8, 4) is 5.75 Å². The fourth-order valence-electron chi connectivity index (χ4n) is 3.32. The molecule has 0 spiro atoms. The summed E-state index contributed by atoms with van der Waals surface area (Å²) in [5.41, 5.74) is 0.941. The van der Waals surface area contributed by atoms with Gasteiger partial charge in [0.1, 0.15) is 11.3 Å². The van der Waals surface area contributed by atoms with E-state index in [-0.39, 0.29) is 24.2 Å². The van der Waals surface area contributed by atoms with Gasteiger partial charge in [-0.1, -0.05) is 19.8 Å². The van der Waals surface area contributed by atoms with E-state index >= 15 is 0 Å². The molecule has 1 aliphatic carbocycles. The minimum Gasteiger partial charge on any atom is -0.484 e. The maximum atomic E-state index is 12.1. The molecule has 1 fully saturated rings. The monoisotopic (exact) mass is 329 g/mol. The van der Waals surface area contributed by atoms with E-state index in [1.165, 1.54) is 18.9 Å². The van der Waals surface area contributed by atoms with Crippen molar-refractivity contribution in [3.05, 3.63) is 40.2 Å². The van der Waals surface area contributed by atoms with Crippen LogP contribution in [-0.2, 0) is 4.79 Å². The Morgan fingerprint density at radius 1 is 1.29 bits per heavy atom. The van der Waals surface area contributed by atoms with Crippen LogP contribution in [0.2, 0.25) is 0 Å². The summed E-state index contributed by atoms with van der Waals surface area (Å²) in [6.45, 7) is 4.00. The average Bonchev–Trinajstić information content (AvgIpc) is 2.54. The highest BCUT2D eigenvalue weighted by atomic mass is 16.5. The molecule has 1 saturated carbocycles. The molecule has 1 heterocycles. The van der Waals surface area contributed by atoms with Crippen molar-refractivity contribution in [2.24, 2.45) is 5.92 Å². The van der Waals surface area contributed by atoms with Crippen molar-refractivity contribution in [2.45, 2.75) is 45.6 Å². The minimum absolute atomic E-state index is 0.0369. The van der Waals surface area contributed by atoms with E-state index < -0.39 is 0 Å². The number of carbonyl (C=O) groups excluding carboxylic acids is 1. The van der Waals surface area contributed by atoms with Crippen LogP contribution in [0.15, 0.2) is 33.5 Å². The number of fused-ring (bicyclic) bond motifs is 1. The summed E-state index contributed by atoms with van der Waals surface area (Å²) in [5, 5.41) is 3.92. The zero-order chi connectivity index (χ0) is 17.1. The molecule has 0 radical (unpaired) electrons. The number of ether oxygens (including phenoxy) is 1. The fourth-order valence-corrected chi connectivity index (χ4v) is 3.32. The molecule has 2 aromatic rings. The molecule has 0 saturated heterocycles. The normalized spacial score (nSPS) is 20.8. The van der Waals surface area contributed by atoms with Gasteiger partial charge < -0.3 is 14.5 Å². The van der Waals surface area contributed by atoms with Crippen LogP contribution >= 0.6 is 0 Å². The summed E-state index contributed by atoms with van der Waals surface area (Å²) < 4.78 is 10.7. The molecule has 3 rings (SSSR count). The number of amides is 1. The maximum Gasteiger partial charge on any atom is 0.336 e. The summed E-state index contributed by atoms with van der Waals surface area (Å²) >= 11 is 0. The Labute approximate surface area is 141 Å². The molecule has 1 aromatic heterocycles. The predicted octanol–water partition coefficient (Wildman–Crippen LogP) is 3.18. The number of benzene rings is 1. The number of nitrogens with one attached hydrogen (secondary N) is 1. The molecule has 0 bridgehead atoms. The highest BCUT2D eigenvalue weighted by Crippen LogP contribution is 2.24. The molecule has 5 heteroatoms. The van der Waals surface area contributed by atoms with Crippen LogP contribution in [0.5, 0.6) is 5.75 Å². The molecule has 0 unspecified atom stereocenters. The summed E-state index contributed by atoms with van der Waals surface area (Å²) in [6.07, 6.45) is 4.60. The second kappa shape index (κ2) is 7.07. The standard InChI is InChI=1S/C19H23NO4/c1-12-5-3-4-6-16(12)20-18(21)11-23-14-7-8-15-13(2)9-19(22)24-17(15)10-14/h7-10,12,16H,3-6,11H2,1-2H3,(H,20,21)/t12-,16-/m1/s1. The number of carbonyl (C=O) groups is 1. The topological polar surface area (TPSA) is 68.5 Å². The number of hydrogen-bond donors (Lipinski definition) is 1. The summed E-state index contributed by atoms with van der Waals surface area (Å²) in [7, 11) is 0. The van der Waals surface area contributed by atoms with Gasteiger partial charge in [0.15, 0.2) is 6.61 Å². The highest BCUT2D eigenvalue weighted by molar-refractivity contribution is 5.81. The Morgan fingerprint density at radius 2 is 2.08 bits per heavy atom. The Bertz CT molecular complexity index is 796. The molecule has 24 heavy (non-hydrogen) atoms. The highest BCUT2D eigenvalue weighted by Gasteiger charge is 2.22. The van der Waals surface area contributed by atoms with Crippen LogP contribution in [0, 0.1) is 12.8 Å². The zero-order valence-electron chi connectivity index (χ0n) is 14.1. The molecular formula is C19H23NO4. The van der Waals surface area contributed by atoms with Gasteiger partial charge in [-0.15, -0.1) is 0 Å². The van der Waals surface area contributed by atoms with Crippen molar-refractivity contribution in [2.75, 3.05) is 6.61 Å². The van der Waals surface area contributed by atoms with Crippen molar-refractivity contribution in [3.63, 3.8) is 0 Å². The number of hydrogen-bond acceptors (Lipinski definition) is 4. The van der Waals surface area contributed by atoms with Gasteiger partial charge in [0.05, 0.1) is 0 Å². The molecule has 1 amide bonds. The van der Waals surface area contributed by atoms with E-state index in [0.29, 0.717) is 17.3 Å². The zero-order valence-corrected chi connectivity index (χ0v) is 14.1. The van der Waals surface area contributed by atoms with Gasteiger partial charge in [-0.05, 0) is 43.4 Å². The van der Waals surface area contributed by atoms with Gasteiger partial charge in [0, 0.05) is 23.6 Å². The van der Waals surface area contributed by atoms with Gasteiger partial charge in [-0.25, -0.2) is 4.79 Å². The third-order valence-corrected chi connectivity index (χ3v) is 4.75. The second-order valence-corrected chi connectivity index (χ2v) is 6.63. The molecule has 1 aromatic carbocycles. The van der Waals surface area contributed by atoms with E-state index in [1.807, 2.05) is 13.0 Å². The van der Waals surface area contributed by atoms with Crippen molar-refractivity contribution in [1.29, 1.82) is 0 Å². The van der Waals surface area contributed by atoms with E-state index in [9.17, 15) is 9.59 Å². The minimum atomic E-state index is -0.388. The Hall–Kier alpha value is -2.30. The van der Waals surface area contributed by atoms with Crippen LogP contribution in [-0.4, -0.2) is 18.6 Å². The largest absolute Gasteiger partial charge is 0.484 e. The van der Waals surface area contributed by atoms with Gasteiger partial charge in [0.2, 0.25) is 0 Å². The molecule has 2 atom stereocenters. The van der Waals surface area contributed by atoms with Gasteiger partial charge >= 0.3 is 5.63 Å². The Kier molecular flexibility index (Phi) is 4.88. The average molecular weight is 329 g/mol. The smallest absolute Gasteiger partial charge is 0.336 e. The van der Waals surface area contributed by atoms with Crippen LogP contribution < -0.4 is 15.7 Å². The summed E-state index contributed by atoms with van der Waals surface area (Å²) in [5.74, 6) is 0.920. The van der Waals surface area contributed by atoms with E-state index in [2.05, 4.69) is 12.2 Å². The van der Waals surface area contributed by atoms with Crippen molar-refractivity contribution in [1.82, 2.24) is 5.32 Å². The number of aryl methyl sites for hydroxylation is 1. The van der Waals surface area contributed by atoms with Gasteiger partial charge in [-0.2, -0.15) is 0 Å². The molecule has 128 valence electrons. The lowest BCUT2D eigenvalue weighted by Crippen LogP contribution is -2.43. The quantitative estimate of drug-likeness (QED) is 0.875. The van der Waals surface area contributed by atoms with Crippen LogP contribution in [0.3, 0.4) is 0 Å². The lowest BCUT2D eigenvalue weighted by atomic mass is 9.86. The SMILES string of the molecule is Cc1cc(=O)oc2cc(OCC(=O)N[C@@H]3CCCC[C@H]3C)ccc12. The van der Waals surface area contributed by atoms with Crippen LogP contribution in [0.1, 0.15) is 38.2 Å². The molecule has 1 aliphatic rings. The number of rotatable bonds is 4. The first-order valence-electron chi connectivity index (χ1n) is 8.49. The van der Waals surface area contributed by atoms with E-state index in [0.717, 1.165) is 23.8 Å². The van der Waals surface area contributed by atoms with E-state index in [1.54, 1.807) is 12.1 Å².